The van der Waals surface area contributed by atoms with E-state index in [-0.39, 0.29) is 17.4 Å². The molecule has 20 heavy (non-hydrogen) atoms. The molecule has 0 saturated carbocycles. The summed E-state index contributed by atoms with van der Waals surface area (Å²) < 4.78 is 23.2. The van der Waals surface area contributed by atoms with Gasteiger partial charge in [0.15, 0.2) is 9.84 Å². The van der Waals surface area contributed by atoms with Crippen molar-refractivity contribution in [2.45, 2.75) is 0 Å². The van der Waals surface area contributed by atoms with Crippen molar-refractivity contribution in [2.24, 2.45) is 0 Å². The van der Waals surface area contributed by atoms with Gasteiger partial charge >= 0.3 is 0 Å². The maximum Gasteiger partial charge on any atom is 0.252 e. The quantitative estimate of drug-likeness (QED) is 0.834. The Morgan fingerprint density at radius 3 is 2.75 bits per heavy atom. The van der Waals surface area contributed by atoms with Crippen LogP contribution in [0, 0.1) is 0 Å². The van der Waals surface area contributed by atoms with Gasteiger partial charge in [0.1, 0.15) is 0 Å². The Labute approximate surface area is 126 Å². The highest BCUT2D eigenvalue weighted by Gasteiger charge is 2.21. The van der Waals surface area contributed by atoms with Gasteiger partial charge in [-0.3, -0.25) is 14.7 Å². The Kier molecular flexibility index (Phi) is 5.11. The van der Waals surface area contributed by atoms with Crippen LogP contribution in [-0.2, 0) is 9.84 Å². The largest absolute Gasteiger partial charge is 0.351 e. The van der Waals surface area contributed by atoms with E-state index in [2.05, 4.69) is 26.2 Å². The van der Waals surface area contributed by atoms with Crippen LogP contribution in [0.2, 0.25) is 0 Å². The van der Waals surface area contributed by atoms with Crippen molar-refractivity contribution in [3.63, 3.8) is 0 Å². The Morgan fingerprint density at radius 2 is 2.10 bits per heavy atom. The molecule has 1 aliphatic rings. The molecule has 8 heteroatoms. The molecular formula is C12H16BrN3O3S. The number of pyridine rings is 1. The summed E-state index contributed by atoms with van der Waals surface area (Å²) in [5.74, 6) is 0.247. The molecule has 1 aromatic heterocycles. The van der Waals surface area contributed by atoms with Crippen molar-refractivity contribution >= 4 is 31.7 Å². The van der Waals surface area contributed by atoms with Crippen LogP contribution in [0.15, 0.2) is 22.9 Å². The molecular weight excluding hydrogens is 346 g/mol. The third kappa shape index (κ3) is 4.26. The average molecular weight is 362 g/mol. The number of hydrogen-bond donors (Lipinski definition) is 1. The van der Waals surface area contributed by atoms with Gasteiger partial charge in [-0.25, -0.2) is 8.42 Å². The zero-order valence-corrected chi connectivity index (χ0v) is 13.3. The molecule has 0 spiro atoms. The van der Waals surface area contributed by atoms with Crippen molar-refractivity contribution in [3.8, 4) is 0 Å². The summed E-state index contributed by atoms with van der Waals surface area (Å²) in [6.45, 7) is 2.23. The molecule has 2 heterocycles. The number of aromatic nitrogens is 1. The van der Waals surface area contributed by atoms with Crippen LogP contribution in [0.25, 0.3) is 0 Å². The van der Waals surface area contributed by atoms with Crippen molar-refractivity contribution < 1.29 is 13.2 Å². The first-order chi connectivity index (χ1) is 9.48. The van der Waals surface area contributed by atoms with Gasteiger partial charge in [-0.1, -0.05) is 0 Å². The second-order valence-corrected chi connectivity index (χ2v) is 7.76. The lowest BCUT2D eigenvalue weighted by molar-refractivity contribution is 0.0948. The monoisotopic (exact) mass is 361 g/mol. The highest BCUT2D eigenvalue weighted by molar-refractivity contribution is 9.10. The standard InChI is InChI=1S/C12H16BrN3O3S/c13-11-9-14-2-1-10(11)12(17)15-3-4-16-5-7-20(18,19)8-6-16/h1-2,9H,3-8H2,(H,15,17). The van der Waals surface area contributed by atoms with E-state index in [1.165, 1.54) is 0 Å². The van der Waals surface area contributed by atoms with Crippen LogP contribution in [0.5, 0.6) is 0 Å². The molecule has 0 unspecified atom stereocenters. The van der Waals surface area contributed by atoms with Crippen LogP contribution in [-0.4, -0.2) is 61.9 Å². The number of hydrogen-bond acceptors (Lipinski definition) is 5. The minimum Gasteiger partial charge on any atom is -0.351 e. The first kappa shape index (κ1) is 15.4. The van der Waals surface area contributed by atoms with E-state index in [1.54, 1.807) is 18.5 Å². The van der Waals surface area contributed by atoms with E-state index in [4.69, 9.17) is 0 Å². The van der Waals surface area contributed by atoms with Gasteiger partial charge in [0.25, 0.3) is 5.91 Å². The van der Waals surface area contributed by atoms with Gasteiger partial charge in [0.05, 0.1) is 17.1 Å². The van der Waals surface area contributed by atoms with E-state index >= 15 is 0 Å². The Hall–Kier alpha value is -0.990. The van der Waals surface area contributed by atoms with Gasteiger partial charge in [0, 0.05) is 43.0 Å². The number of carbonyl (C=O) groups excluding carboxylic acids is 1. The first-order valence-corrected chi connectivity index (χ1v) is 8.90. The van der Waals surface area contributed by atoms with Crippen LogP contribution >= 0.6 is 15.9 Å². The number of sulfone groups is 1. The number of halogens is 1. The molecule has 6 nitrogen and oxygen atoms in total. The van der Waals surface area contributed by atoms with Gasteiger partial charge < -0.3 is 5.32 Å². The summed E-state index contributed by atoms with van der Waals surface area (Å²) in [6.07, 6.45) is 3.14. The normalized spacial score (nSPS) is 18.6. The third-order valence-corrected chi connectivity index (χ3v) is 5.41. The topological polar surface area (TPSA) is 79.4 Å². The predicted molar refractivity (Wildman–Crippen MR) is 79.4 cm³/mol. The van der Waals surface area contributed by atoms with Gasteiger partial charge in [-0.15, -0.1) is 0 Å². The van der Waals surface area contributed by atoms with Gasteiger partial charge in [-0.05, 0) is 22.0 Å². The molecule has 110 valence electrons. The number of carbonyl (C=O) groups is 1. The van der Waals surface area contributed by atoms with E-state index in [1.807, 2.05) is 4.90 Å². The Balaban J connectivity index is 1.77. The van der Waals surface area contributed by atoms with E-state index < -0.39 is 9.84 Å². The molecule has 0 aliphatic carbocycles. The van der Waals surface area contributed by atoms with E-state index in [0.29, 0.717) is 36.2 Å². The van der Waals surface area contributed by atoms with Crippen LogP contribution < -0.4 is 5.32 Å². The molecule has 1 amide bonds. The number of nitrogens with one attached hydrogen (secondary N) is 1. The van der Waals surface area contributed by atoms with E-state index in [0.717, 1.165) is 0 Å². The molecule has 0 radical (unpaired) electrons. The molecule has 1 saturated heterocycles. The summed E-state index contributed by atoms with van der Waals surface area (Å²) in [7, 11) is -2.85. The second kappa shape index (κ2) is 6.64. The Morgan fingerprint density at radius 1 is 1.40 bits per heavy atom. The summed E-state index contributed by atoms with van der Waals surface area (Å²) in [4.78, 5) is 17.9. The maximum absolute atomic E-state index is 11.9. The molecule has 1 N–H and O–H groups in total. The van der Waals surface area contributed by atoms with E-state index in [9.17, 15) is 13.2 Å². The summed E-state index contributed by atoms with van der Waals surface area (Å²) in [5.41, 5.74) is 0.543. The lowest BCUT2D eigenvalue weighted by Crippen LogP contribution is -2.43. The minimum atomic E-state index is -2.85. The molecule has 1 aliphatic heterocycles. The lowest BCUT2D eigenvalue weighted by atomic mass is 10.2. The minimum absolute atomic E-state index is 0.163. The third-order valence-electron chi connectivity index (χ3n) is 3.17. The summed E-state index contributed by atoms with van der Waals surface area (Å²) in [5, 5.41) is 2.82. The van der Waals surface area contributed by atoms with Crippen LogP contribution in [0.1, 0.15) is 10.4 Å². The fraction of sp³-hybridized carbons (Fsp3) is 0.500. The highest BCUT2D eigenvalue weighted by atomic mass is 79.9. The highest BCUT2D eigenvalue weighted by Crippen LogP contribution is 2.13. The molecule has 0 aromatic carbocycles. The van der Waals surface area contributed by atoms with Gasteiger partial charge in [0.2, 0.25) is 0 Å². The molecule has 1 aromatic rings. The maximum atomic E-state index is 11.9. The number of amides is 1. The van der Waals surface area contributed by atoms with Crippen LogP contribution in [0.3, 0.4) is 0 Å². The fourth-order valence-corrected chi connectivity index (χ4v) is 3.66. The van der Waals surface area contributed by atoms with Crippen molar-refractivity contribution in [3.05, 3.63) is 28.5 Å². The fourth-order valence-electron chi connectivity index (χ4n) is 1.96. The smallest absolute Gasteiger partial charge is 0.252 e. The average Bonchev–Trinajstić information content (AvgIpc) is 2.41. The van der Waals surface area contributed by atoms with Crippen molar-refractivity contribution in [1.82, 2.24) is 15.2 Å². The zero-order chi connectivity index (χ0) is 14.6. The molecule has 0 atom stereocenters. The lowest BCUT2D eigenvalue weighted by Gasteiger charge is -2.26. The second-order valence-electron chi connectivity index (χ2n) is 4.60. The summed E-state index contributed by atoms with van der Waals surface area (Å²) >= 11 is 3.28. The molecule has 0 bridgehead atoms. The first-order valence-electron chi connectivity index (χ1n) is 6.28. The zero-order valence-electron chi connectivity index (χ0n) is 10.9. The summed E-state index contributed by atoms with van der Waals surface area (Å²) in [6, 6.07) is 1.65. The van der Waals surface area contributed by atoms with Crippen molar-refractivity contribution in [1.29, 1.82) is 0 Å². The molecule has 1 fully saturated rings. The van der Waals surface area contributed by atoms with Crippen LogP contribution in [0.4, 0.5) is 0 Å². The Bertz CT molecular complexity index is 577. The van der Waals surface area contributed by atoms with Gasteiger partial charge in [-0.2, -0.15) is 0 Å². The molecule has 2 rings (SSSR count). The number of rotatable bonds is 4. The predicted octanol–water partition coefficient (Wildman–Crippen LogP) is 0.304. The number of nitrogens with zero attached hydrogens (tertiary/aromatic N) is 2. The van der Waals surface area contributed by atoms with Crippen molar-refractivity contribution in [2.75, 3.05) is 37.7 Å². The SMILES string of the molecule is O=C(NCCN1CCS(=O)(=O)CC1)c1ccncc1Br.